The number of imidazole rings is 1. The topological polar surface area (TPSA) is 64.1 Å². The number of aromatic nitrogens is 2. The van der Waals surface area contributed by atoms with E-state index in [1.54, 1.807) is 10.8 Å². The van der Waals surface area contributed by atoms with E-state index in [9.17, 15) is 5.11 Å². The van der Waals surface area contributed by atoms with Crippen LogP contribution < -0.4 is 5.73 Å². The summed E-state index contributed by atoms with van der Waals surface area (Å²) in [5.74, 6) is 1.93. The lowest BCUT2D eigenvalue weighted by Crippen LogP contribution is -2.42. The summed E-state index contributed by atoms with van der Waals surface area (Å²) in [5, 5.41) is 11.3. The molecule has 1 aromatic rings. The zero-order chi connectivity index (χ0) is 12.9. The monoisotopic (exact) mass is 269 g/mol. The van der Waals surface area contributed by atoms with Crippen molar-refractivity contribution in [1.29, 1.82) is 0 Å². The molecule has 1 heterocycles. The molecular weight excluding hydrogens is 250 g/mol. The molecule has 3 rings (SSSR count). The number of hydrogen-bond donors (Lipinski definition) is 2. The Balaban J connectivity index is 1.95. The van der Waals surface area contributed by atoms with E-state index in [4.69, 9.17) is 17.3 Å². The Labute approximate surface area is 112 Å². The summed E-state index contributed by atoms with van der Waals surface area (Å²) in [7, 11) is 1.84. The minimum absolute atomic E-state index is 0.189. The fraction of sp³-hybridized carbons (Fsp3) is 0.769. The lowest BCUT2D eigenvalue weighted by Gasteiger charge is -2.40. The van der Waals surface area contributed by atoms with E-state index in [1.165, 1.54) is 19.3 Å². The van der Waals surface area contributed by atoms with Gasteiger partial charge in [0.2, 0.25) is 0 Å². The first kappa shape index (κ1) is 12.5. The molecule has 2 fully saturated rings. The molecule has 3 N–H and O–H groups in total. The molecule has 4 nitrogen and oxygen atoms in total. The van der Waals surface area contributed by atoms with Gasteiger partial charge in [0.05, 0.1) is 6.20 Å². The van der Waals surface area contributed by atoms with Crippen molar-refractivity contribution in [3.8, 4) is 0 Å². The van der Waals surface area contributed by atoms with Gasteiger partial charge in [-0.25, -0.2) is 4.98 Å². The minimum Gasteiger partial charge on any atom is -0.385 e. The SMILES string of the molecule is Cn1c(Cl)cnc1C(O)C1(CN)CC2CCC1C2. The van der Waals surface area contributed by atoms with Gasteiger partial charge in [-0.3, -0.25) is 0 Å². The van der Waals surface area contributed by atoms with Gasteiger partial charge in [-0.1, -0.05) is 18.0 Å². The van der Waals surface area contributed by atoms with Gasteiger partial charge in [0.1, 0.15) is 17.1 Å². The molecule has 0 radical (unpaired) electrons. The molecule has 100 valence electrons. The lowest BCUT2D eigenvalue weighted by atomic mass is 9.69. The number of nitrogens with two attached hydrogens (primary N) is 1. The van der Waals surface area contributed by atoms with Crippen molar-refractivity contribution in [2.75, 3.05) is 6.54 Å². The number of aliphatic hydroxyl groups is 1. The highest BCUT2D eigenvalue weighted by Crippen LogP contribution is 2.60. The van der Waals surface area contributed by atoms with Crippen molar-refractivity contribution in [3.63, 3.8) is 0 Å². The van der Waals surface area contributed by atoms with Crippen LogP contribution in [0.4, 0.5) is 0 Å². The van der Waals surface area contributed by atoms with E-state index >= 15 is 0 Å². The van der Waals surface area contributed by atoms with Crippen LogP contribution in [0.3, 0.4) is 0 Å². The van der Waals surface area contributed by atoms with Gasteiger partial charge in [-0.2, -0.15) is 0 Å². The van der Waals surface area contributed by atoms with Crippen LogP contribution in [0.2, 0.25) is 5.15 Å². The third kappa shape index (κ3) is 1.55. The molecule has 4 unspecified atom stereocenters. The summed E-state index contributed by atoms with van der Waals surface area (Å²) < 4.78 is 1.76. The van der Waals surface area contributed by atoms with Gasteiger partial charge < -0.3 is 15.4 Å². The second-order valence-electron chi connectivity index (χ2n) is 5.92. The van der Waals surface area contributed by atoms with E-state index in [1.807, 2.05) is 7.05 Å². The number of halogens is 1. The van der Waals surface area contributed by atoms with Gasteiger partial charge in [0, 0.05) is 19.0 Å². The molecule has 0 spiro atoms. The molecule has 0 aliphatic heterocycles. The number of rotatable bonds is 3. The fourth-order valence-electron chi connectivity index (χ4n) is 4.10. The van der Waals surface area contributed by atoms with Crippen LogP contribution in [0, 0.1) is 17.3 Å². The summed E-state index contributed by atoms with van der Waals surface area (Å²) >= 11 is 6.01. The Morgan fingerprint density at radius 2 is 2.44 bits per heavy atom. The van der Waals surface area contributed by atoms with Crippen LogP contribution in [0.25, 0.3) is 0 Å². The predicted octanol–water partition coefficient (Wildman–Crippen LogP) is 1.87. The number of fused-ring (bicyclic) bond motifs is 2. The Bertz CT molecular complexity index is 461. The molecule has 0 aromatic carbocycles. The zero-order valence-electron chi connectivity index (χ0n) is 10.6. The molecule has 5 heteroatoms. The van der Waals surface area contributed by atoms with Gasteiger partial charge in [0.15, 0.2) is 0 Å². The van der Waals surface area contributed by atoms with Crippen molar-refractivity contribution < 1.29 is 5.11 Å². The highest BCUT2D eigenvalue weighted by Gasteiger charge is 2.55. The molecule has 0 saturated heterocycles. The molecule has 2 saturated carbocycles. The molecule has 1 aromatic heterocycles. The predicted molar refractivity (Wildman–Crippen MR) is 70.1 cm³/mol. The first-order chi connectivity index (χ1) is 8.58. The third-order valence-electron chi connectivity index (χ3n) is 5.16. The van der Waals surface area contributed by atoms with Gasteiger partial charge >= 0.3 is 0 Å². The Hall–Kier alpha value is -0.580. The highest BCUT2D eigenvalue weighted by molar-refractivity contribution is 6.29. The lowest BCUT2D eigenvalue weighted by molar-refractivity contribution is -0.0201. The minimum atomic E-state index is -0.602. The maximum absolute atomic E-state index is 10.8. The number of nitrogens with zero attached hydrogens (tertiary/aromatic N) is 2. The molecule has 4 atom stereocenters. The van der Waals surface area contributed by atoms with Crippen molar-refractivity contribution in [3.05, 3.63) is 17.2 Å². The Kier molecular flexibility index (Phi) is 2.92. The Morgan fingerprint density at radius 1 is 1.67 bits per heavy atom. The second kappa shape index (κ2) is 4.22. The van der Waals surface area contributed by atoms with Crippen LogP contribution in [0.1, 0.15) is 37.6 Å². The van der Waals surface area contributed by atoms with Crippen LogP contribution in [0.15, 0.2) is 6.20 Å². The van der Waals surface area contributed by atoms with Gasteiger partial charge in [0.25, 0.3) is 0 Å². The van der Waals surface area contributed by atoms with E-state index in [0.717, 1.165) is 12.3 Å². The fourth-order valence-corrected chi connectivity index (χ4v) is 4.23. The Morgan fingerprint density at radius 3 is 2.89 bits per heavy atom. The van der Waals surface area contributed by atoms with Gasteiger partial charge in [-0.05, 0) is 31.1 Å². The molecule has 2 aliphatic rings. The second-order valence-corrected chi connectivity index (χ2v) is 6.31. The largest absolute Gasteiger partial charge is 0.385 e. The smallest absolute Gasteiger partial charge is 0.139 e. The number of aliphatic hydroxyl groups excluding tert-OH is 1. The van der Waals surface area contributed by atoms with Crippen molar-refractivity contribution in [2.45, 2.75) is 31.8 Å². The first-order valence-electron chi connectivity index (χ1n) is 6.63. The van der Waals surface area contributed by atoms with Crippen molar-refractivity contribution in [2.24, 2.45) is 30.0 Å². The van der Waals surface area contributed by atoms with Crippen LogP contribution in [-0.2, 0) is 7.05 Å². The summed E-state index contributed by atoms with van der Waals surface area (Å²) in [6.07, 6.45) is 5.72. The normalized spacial score (nSPS) is 36.2. The van der Waals surface area contributed by atoms with Crippen LogP contribution in [-0.4, -0.2) is 21.2 Å². The first-order valence-corrected chi connectivity index (χ1v) is 7.01. The van der Waals surface area contributed by atoms with E-state index in [0.29, 0.717) is 23.4 Å². The molecule has 2 aliphatic carbocycles. The zero-order valence-corrected chi connectivity index (χ0v) is 11.4. The average molecular weight is 270 g/mol. The summed E-state index contributed by atoms with van der Waals surface area (Å²) in [5.41, 5.74) is 5.83. The molecule has 0 amide bonds. The molecule has 2 bridgehead atoms. The number of hydrogen-bond acceptors (Lipinski definition) is 3. The standard InChI is InChI=1S/C13H20ClN3O/c1-17-10(14)6-16-12(17)11(18)13(7-15)5-8-2-3-9(13)4-8/h6,8-9,11,18H,2-5,7,15H2,1H3. The summed E-state index contributed by atoms with van der Waals surface area (Å²) in [4.78, 5) is 4.26. The van der Waals surface area contributed by atoms with Crippen LogP contribution in [0.5, 0.6) is 0 Å². The van der Waals surface area contributed by atoms with Gasteiger partial charge in [-0.15, -0.1) is 0 Å². The molecular formula is C13H20ClN3O. The summed E-state index contributed by atoms with van der Waals surface area (Å²) in [6.45, 7) is 0.528. The quantitative estimate of drug-likeness (QED) is 0.881. The third-order valence-corrected chi connectivity index (χ3v) is 5.51. The average Bonchev–Trinajstić information content (AvgIpc) is 3.05. The van der Waals surface area contributed by atoms with E-state index in [2.05, 4.69) is 4.98 Å². The highest BCUT2D eigenvalue weighted by atomic mass is 35.5. The maximum Gasteiger partial charge on any atom is 0.139 e. The maximum atomic E-state index is 10.8. The van der Waals surface area contributed by atoms with E-state index in [-0.39, 0.29) is 5.41 Å². The van der Waals surface area contributed by atoms with E-state index < -0.39 is 6.10 Å². The molecule has 18 heavy (non-hydrogen) atoms. The van der Waals surface area contributed by atoms with Crippen molar-refractivity contribution in [1.82, 2.24) is 9.55 Å². The van der Waals surface area contributed by atoms with Crippen LogP contribution >= 0.6 is 11.6 Å². The summed E-state index contributed by atoms with van der Waals surface area (Å²) in [6, 6.07) is 0. The van der Waals surface area contributed by atoms with Crippen molar-refractivity contribution >= 4 is 11.6 Å².